The number of carbonyl (C=O) groups is 1. The number of nitrogens with one attached hydrogen (secondary N) is 1. The van der Waals surface area contributed by atoms with Crippen molar-refractivity contribution in [3.63, 3.8) is 0 Å². The van der Waals surface area contributed by atoms with Gasteiger partial charge in [0, 0.05) is 45.7 Å². The predicted octanol–water partition coefficient (Wildman–Crippen LogP) is 2.32. The van der Waals surface area contributed by atoms with E-state index in [2.05, 4.69) is 17.4 Å². The van der Waals surface area contributed by atoms with Crippen molar-refractivity contribution in [3.8, 4) is 5.75 Å². The van der Waals surface area contributed by atoms with E-state index in [1.807, 2.05) is 42.5 Å². The maximum Gasteiger partial charge on any atom is 0.222 e. The van der Waals surface area contributed by atoms with Crippen molar-refractivity contribution in [1.82, 2.24) is 14.5 Å². The van der Waals surface area contributed by atoms with Gasteiger partial charge >= 0.3 is 0 Å². The summed E-state index contributed by atoms with van der Waals surface area (Å²) in [6.45, 7) is 3.08. The second-order valence-corrected chi connectivity index (χ2v) is 10.4. The summed E-state index contributed by atoms with van der Waals surface area (Å²) in [6.07, 6.45) is 2.62. The number of aryl methyl sites for hydroxylation is 2. The molecule has 33 heavy (non-hydrogen) atoms. The Labute approximate surface area is 197 Å². The summed E-state index contributed by atoms with van der Waals surface area (Å²) in [4.78, 5) is 14.8. The smallest absolute Gasteiger partial charge is 0.222 e. The van der Waals surface area contributed by atoms with Gasteiger partial charge in [-0.15, -0.1) is 0 Å². The van der Waals surface area contributed by atoms with Crippen molar-refractivity contribution in [1.29, 1.82) is 0 Å². The third-order valence-corrected chi connectivity index (χ3v) is 7.81. The summed E-state index contributed by atoms with van der Waals surface area (Å²) in [6, 6.07) is 17.8. The zero-order chi connectivity index (χ0) is 23.5. The Bertz CT molecular complexity index is 959. The number of methoxy groups -OCH3 is 1. The highest BCUT2D eigenvalue weighted by Crippen LogP contribution is 2.14. The second kappa shape index (κ2) is 12.7. The molecule has 1 aliphatic rings. The molecule has 0 atom stereocenters. The first-order valence-corrected chi connectivity index (χ1v) is 13.2. The lowest BCUT2D eigenvalue weighted by Gasteiger charge is -2.28. The molecule has 1 aliphatic heterocycles. The average Bonchev–Trinajstić information content (AvgIpc) is 2.86. The van der Waals surface area contributed by atoms with Gasteiger partial charge in [-0.3, -0.25) is 4.79 Å². The molecule has 2 aromatic rings. The van der Waals surface area contributed by atoms with Crippen molar-refractivity contribution in [2.75, 3.05) is 52.1 Å². The van der Waals surface area contributed by atoms with Crippen LogP contribution in [0, 0.1) is 0 Å². The van der Waals surface area contributed by atoms with Gasteiger partial charge in [-0.05, 0) is 42.5 Å². The number of benzene rings is 2. The van der Waals surface area contributed by atoms with Crippen LogP contribution in [0.2, 0.25) is 0 Å². The lowest BCUT2D eigenvalue weighted by molar-refractivity contribution is -0.131. The Morgan fingerprint density at radius 1 is 0.970 bits per heavy atom. The van der Waals surface area contributed by atoms with Crippen LogP contribution in [0.1, 0.15) is 24.0 Å². The third kappa shape index (κ3) is 8.14. The van der Waals surface area contributed by atoms with E-state index in [1.54, 1.807) is 12.0 Å². The maximum absolute atomic E-state index is 13.1. The summed E-state index contributed by atoms with van der Waals surface area (Å²) >= 11 is 0. The first-order valence-electron chi connectivity index (χ1n) is 11.6. The largest absolute Gasteiger partial charge is 0.497 e. The maximum atomic E-state index is 13.1. The van der Waals surface area contributed by atoms with E-state index < -0.39 is 10.0 Å². The number of hydrogen-bond donors (Lipinski definition) is 1. The number of piperazine rings is 1. The van der Waals surface area contributed by atoms with Crippen LogP contribution in [0.5, 0.6) is 5.75 Å². The van der Waals surface area contributed by atoms with Crippen molar-refractivity contribution in [2.24, 2.45) is 0 Å². The van der Waals surface area contributed by atoms with Crippen molar-refractivity contribution in [2.45, 2.75) is 25.7 Å². The molecule has 0 saturated carbocycles. The normalized spacial score (nSPS) is 14.7. The molecule has 0 bridgehead atoms. The van der Waals surface area contributed by atoms with Gasteiger partial charge in [-0.2, -0.15) is 4.31 Å². The molecule has 8 heteroatoms. The van der Waals surface area contributed by atoms with E-state index in [0.717, 1.165) is 24.2 Å². The lowest BCUT2D eigenvalue weighted by Crippen LogP contribution is -2.48. The van der Waals surface area contributed by atoms with E-state index >= 15 is 0 Å². The van der Waals surface area contributed by atoms with E-state index in [1.165, 1.54) is 9.87 Å². The first-order chi connectivity index (χ1) is 16.0. The number of rotatable bonds is 12. The van der Waals surface area contributed by atoms with Crippen LogP contribution in [0.15, 0.2) is 54.6 Å². The van der Waals surface area contributed by atoms with Gasteiger partial charge in [0.05, 0.1) is 12.9 Å². The zero-order valence-electron chi connectivity index (χ0n) is 19.4. The highest BCUT2D eigenvalue weighted by Gasteiger charge is 2.25. The van der Waals surface area contributed by atoms with Crippen LogP contribution in [0.25, 0.3) is 0 Å². The van der Waals surface area contributed by atoms with Gasteiger partial charge in [-0.25, -0.2) is 8.42 Å². The van der Waals surface area contributed by atoms with Gasteiger partial charge in [0.1, 0.15) is 5.75 Å². The number of hydrogen-bond acceptors (Lipinski definition) is 5. The van der Waals surface area contributed by atoms with E-state index in [9.17, 15) is 13.2 Å². The van der Waals surface area contributed by atoms with Crippen LogP contribution >= 0.6 is 0 Å². The first kappa shape index (κ1) is 25.2. The number of carbonyl (C=O) groups excluding carboxylic acids is 1. The number of amides is 1. The van der Waals surface area contributed by atoms with Gasteiger partial charge in [0.15, 0.2) is 0 Å². The molecule has 0 radical (unpaired) electrons. The quantitative estimate of drug-likeness (QED) is 0.512. The molecular formula is C25H35N3O4S. The second-order valence-electron chi connectivity index (χ2n) is 8.28. The summed E-state index contributed by atoms with van der Waals surface area (Å²) < 4.78 is 32.3. The molecule has 0 unspecified atom stereocenters. The van der Waals surface area contributed by atoms with E-state index in [-0.39, 0.29) is 18.2 Å². The lowest BCUT2D eigenvalue weighted by atomic mass is 10.1. The molecule has 1 fully saturated rings. The van der Waals surface area contributed by atoms with Gasteiger partial charge < -0.3 is 15.0 Å². The van der Waals surface area contributed by atoms with Crippen LogP contribution in [0.4, 0.5) is 0 Å². The Morgan fingerprint density at radius 3 is 2.30 bits per heavy atom. The van der Waals surface area contributed by atoms with E-state index in [0.29, 0.717) is 45.6 Å². The van der Waals surface area contributed by atoms with Crippen LogP contribution in [-0.2, 0) is 27.7 Å². The molecule has 180 valence electrons. The SMILES string of the molecule is COc1ccc(CCC(=O)N(CCCc2ccccc2)CCS(=O)(=O)N2CCNCC2)cc1. The molecule has 1 saturated heterocycles. The fraction of sp³-hybridized carbons (Fsp3) is 0.480. The van der Waals surface area contributed by atoms with E-state index in [4.69, 9.17) is 4.74 Å². The Hall–Kier alpha value is -2.42. The molecule has 3 rings (SSSR count). The predicted molar refractivity (Wildman–Crippen MR) is 131 cm³/mol. The van der Waals surface area contributed by atoms with Gasteiger partial charge in [0.2, 0.25) is 15.9 Å². The third-order valence-electron chi connectivity index (χ3n) is 5.96. The number of sulfonamides is 1. The van der Waals surface area contributed by atoms with Crippen LogP contribution < -0.4 is 10.1 Å². The minimum Gasteiger partial charge on any atom is -0.497 e. The molecule has 0 aromatic heterocycles. The minimum absolute atomic E-state index is 0.00519. The Kier molecular flexibility index (Phi) is 9.72. The van der Waals surface area contributed by atoms with Crippen LogP contribution in [0.3, 0.4) is 0 Å². The van der Waals surface area contributed by atoms with Crippen LogP contribution in [-0.4, -0.2) is 75.7 Å². The highest BCUT2D eigenvalue weighted by atomic mass is 32.2. The molecule has 0 aliphatic carbocycles. The summed E-state index contributed by atoms with van der Waals surface area (Å²) in [5, 5.41) is 3.17. The molecule has 0 spiro atoms. The fourth-order valence-electron chi connectivity index (χ4n) is 3.96. The zero-order valence-corrected chi connectivity index (χ0v) is 20.2. The van der Waals surface area contributed by atoms with Crippen molar-refractivity contribution >= 4 is 15.9 Å². The standard InChI is InChI=1S/C25H35N3O4S/c1-32-24-12-9-23(10-13-24)11-14-25(29)27(17-5-8-22-6-3-2-4-7-22)20-21-33(30,31)28-18-15-26-16-19-28/h2-4,6-7,9-10,12-13,26H,5,8,11,14-21H2,1H3. The highest BCUT2D eigenvalue weighted by molar-refractivity contribution is 7.89. The molecule has 1 N–H and O–H groups in total. The Balaban J connectivity index is 1.58. The molecule has 2 aromatic carbocycles. The number of nitrogens with zero attached hydrogens (tertiary/aromatic N) is 2. The summed E-state index contributed by atoms with van der Waals surface area (Å²) in [7, 11) is -1.75. The molecule has 7 nitrogen and oxygen atoms in total. The molecule has 1 heterocycles. The monoisotopic (exact) mass is 473 g/mol. The van der Waals surface area contributed by atoms with Gasteiger partial charge in [-0.1, -0.05) is 42.5 Å². The topological polar surface area (TPSA) is 79.0 Å². The van der Waals surface area contributed by atoms with Crippen molar-refractivity contribution in [3.05, 3.63) is 65.7 Å². The summed E-state index contributed by atoms with van der Waals surface area (Å²) in [5.74, 6) is 0.743. The minimum atomic E-state index is -3.38. The Morgan fingerprint density at radius 2 is 1.64 bits per heavy atom. The van der Waals surface area contributed by atoms with Gasteiger partial charge in [0.25, 0.3) is 0 Å². The van der Waals surface area contributed by atoms with Crippen molar-refractivity contribution < 1.29 is 17.9 Å². The fourth-order valence-corrected chi connectivity index (χ4v) is 5.41. The molecular weight excluding hydrogens is 438 g/mol. The summed E-state index contributed by atoms with van der Waals surface area (Å²) in [5.41, 5.74) is 2.28. The average molecular weight is 474 g/mol. The number of ether oxygens (including phenoxy) is 1. The molecule has 1 amide bonds.